The molecule has 8 heteroatoms. The molecule has 0 aliphatic rings. The third-order valence-electron chi connectivity index (χ3n) is 4.18. The fraction of sp³-hybridized carbons (Fsp3) is 0.167. The summed E-state index contributed by atoms with van der Waals surface area (Å²) in [6.45, 7) is 3.93. The van der Waals surface area contributed by atoms with Gasteiger partial charge in [-0.25, -0.2) is 9.59 Å². The second-order valence-corrected chi connectivity index (χ2v) is 6.37. The lowest BCUT2D eigenvalue weighted by molar-refractivity contribution is 0.0516. The molecule has 1 aromatic heterocycles. The Morgan fingerprint density at radius 2 is 1.28 bits per heavy atom. The molecule has 0 amide bonds. The van der Waals surface area contributed by atoms with Crippen LogP contribution in [-0.4, -0.2) is 36.4 Å². The molecule has 3 aromatic rings. The molecule has 2 aromatic carbocycles. The van der Waals surface area contributed by atoms with Gasteiger partial charge < -0.3 is 18.9 Å². The van der Waals surface area contributed by atoms with Crippen LogP contribution in [0.4, 0.5) is 0 Å². The Labute approximate surface area is 184 Å². The molecule has 0 saturated heterocycles. The van der Waals surface area contributed by atoms with Crippen LogP contribution in [0.5, 0.6) is 23.0 Å². The number of carbonyl (C=O) groups is 3. The van der Waals surface area contributed by atoms with E-state index in [1.807, 2.05) is 0 Å². The van der Waals surface area contributed by atoms with Crippen molar-refractivity contribution >= 4 is 18.2 Å². The highest BCUT2D eigenvalue weighted by Crippen LogP contribution is 2.33. The second-order valence-electron chi connectivity index (χ2n) is 6.37. The van der Waals surface area contributed by atoms with Crippen LogP contribution in [0.3, 0.4) is 0 Å². The molecule has 0 bridgehead atoms. The SMILES string of the molecule is CCOC(=O)c1cccc(Oc2cncc(Oc3cccc(C(=O)OCC)c3)c2C=O)c1. The Kier molecular flexibility index (Phi) is 7.53. The van der Waals surface area contributed by atoms with E-state index >= 15 is 0 Å². The lowest BCUT2D eigenvalue weighted by Gasteiger charge is -2.13. The van der Waals surface area contributed by atoms with Crippen molar-refractivity contribution in [1.29, 1.82) is 0 Å². The van der Waals surface area contributed by atoms with Gasteiger partial charge in [-0.2, -0.15) is 0 Å². The van der Waals surface area contributed by atoms with Gasteiger partial charge in [0.15, 0.2) is 17.8 Å². The average molecular weight is 435 g/mol. The number of rotatable bonds is 9. The first kappa shape index (κ1) is 22.5. The van der Waals surface area contributed by atoms with Crippen molar-refractivity contribution in [2.24, 2.45) is 0 Å². The normalized spacial score (nSPS) is 10.2. The Hall–Kier alpha value is -4.20. The first-order valence-corrected chi connectivity index (χ1v) is 9.89. The Morgan fingerprint density at radius 1 is 0.812 bits per heavy atom. The van der Waals surface area contributed by atoms with Crippen LogP contribution in [0.25, 0.3) is 0 Å². The minimum absolute atomic E-state index is 0.114. The summed E-state index contributed by atoms with van der Waals surface area (Å²) in [5.74, 6) is -0.0422. The van der Waals surface area contributed by atoms with Crippen LogP contribution in [0.15, 0.2) is 60.9 Å². The summed E-state index contributed by atoms with van der Waals surface area (Å²) < 4.78 is 21.6. The van der Waals surface area contributed by atoms with Gasteiger partial charge in [-0.05, 0) is 50.2 Å². The predicted octanol–water partition coefficient (Wildman–Crippen LogP) is 4.83. The van der Waals surface area contributed by atoms with Gasteiger partial charge in [0.25, 0.3) is 0 Å². The second kappa shape index (κ2) is 10.7. The van der Waals surface area contributed by atoms with Crippen LogP contribution in [0, 0.1) is 0 Å². The first-order valence-electron chi connectivity index (χ1n) is 9.89. The van der Waals surface area contributed by atoms with E-state index in [0.717, 1.165) is 0 Å². The van der Waals surface area contributed by atoms with E-state index in [1.54, 1.807) is 50.2 Å². The fourth-order valence-electron chi connectivity index (χ4n) is 2.77. The average Bonchev–Trinajstić information content (AvgIpc) is 2.80. The van der Waals surface area contributed by atoms with Crippen molar-refractivity contribution in [2.75, 3.05) is 13.2 Å². The van der Waals surface area contributed by atoms with Crippen LogP contribution < -0.4 is 9.47 Å². The largest absolute Gasteiger partial charge is 0.462 e. The zero-order valence-corrected chi connectivity index (χ0v) is 17.6. The molecule has 1 heterocycles. The number of nitrogens with zero attached hydrogens (tertiary/aromatic N) is 1. The van der Waals surface area contributed by atoms with Crippen molar-refractivity contribution in [3.8, 4) is 23.0 Å². The van der Waals surface area contributed by atoms with Crippen molar-refractivity contribution in [2.45, 2.75) is 13.8 Å². The highest BCUT2D eigenvalue weighted by atomic mass is 16.5. The summed E-state index contributed by atoms with van der Waals surface area (Å²) >= 11 is 0. The van der Waals surface area contributed by atoms with E-state index in [2.05, 4.69) is 4.98 Å². The summed E-state index contributed by atoms with van der Waals surface area (Å²) in [5, 5.41) is 0. The number of carbonyl (C=O) groups excluding carboxylic acids is 3. The van der Waals surface area contributed by atoms with Crippen molar-refractivity contribution in [1.82, 2.24) is 4.98 Å². The molecule has 0 N–H and O–H groups in total. The van der Waals surface area contributed by atoms with Crippen LogP contribution in [-0.2, 0) is 9.47 Å². The minimum atomic E-state index is -0.481. The Bertz CT molecular complexity index is 1050. The topological polar surface area (TPSA) is 101 Å². The Morgan fingerprint density at radius 3 is 1.69 bits per heavy atom. The molecule has 0 fully saturated rings. The van der Waals surface area contributed by atoms with Gasteiger partial charge in [-0.3, -0.25) is 9.78 Å². The number of aromatic nitrogens is 1. The van der Waals surface area contributed by atoms with E-state index in [-0.39, 0.29) is 30.3 Å². The highest BCUT2D eigenvalue weighted by Gasteiger charge is 2.15. The predicted molar refractivity (Wildman–Crippen MR) is 115 cm³/mol. The molecule has 0 spiro atoms. The third-order valence-corrected chi connectivity index (χ3v) is 4.18. The van der Waals surface area contributed by atoms with Crippen LogP contribution in [0.1, 0.15) is 44.9 Å². The number of esters is 2. The molecule has 8 nitrogen and oxygen atoms in total. The zero-order valence-electron chi connectivity index (χ0n) is 17.6. The summed E-state index contributed by atoms with van der Waals surface area (Å²) in [4.78, 5) is 39.8. The molecule has 0 saturated carbocycles. The standard InChI is InChI=1S/C24H21NO7/c1-3-29-23(27)16-7-5-9-18(11-16)31-21-13-25-14-22(20(21)15-26)32-19-10-6-8-17(12-19)24(28)30-4-2/h5-15H,3-4H2,1-2H3. The van der Waals surface area contributed by atoms with Gasteiger partial charge >= 0.3 is 11.9 Å². The smallest absolute Gasteiger partial charge is 0.338 e. The summed E-state index contributed by atoms with van der Waals surface area (Å²) in [6, 6.07) is 12.7. The molecule has 32 heavy (non-hydrogen) atoms. The van der Waals surface area contributed by atoms with Crippen LogP contribution in [0.2, 0.25) is 0 Å². The Balaban J connectivity index is 1.86. The quantitative estimate of drug-likeness (QED) is 0.348. The number of hydrogen-bond donors (Lipinski definition) is 0. The van der Waals surface area contributed by atoms with Gasteiger partial charge in [0.1, 0.15) is 17.1 Å². The molecule has 0 radical (unpaired) electrons. The summed E-state index contributed by atoms with van der Waals surface area (Å²) in [7, 11) is 0. The minimum Gasteiger partial charge on any atom is -0.462 e. The number of benzene rings is 2. The lowest BCUT2D eigenvalue weighted by atomic mass is 10.2. The molecule has 0 unspecified atom stereocenters. The zero-order chi connectivity index (χ0) is 22.9. The van der Waals surface area contributed by atoms with E-state index in [4.69, 9.17) is 18.9 Å². The molecule has 164 valence electrons. The van der Waals surface area contributed by atoms with E-state index in [1.165, 1.54) is 24.5 Å². The van der Waals surface area contributed by atoms with Crippen molar-refractivity contribution in [3.05, 3.63) is 77.6 Å². The number of hydrogen-bond acceptors (Lipinski definition) is 8. The summed E-state index contributed by atoms with van der Waals surface area (Å²) in [6.07, 6.45) is 3.31. The van der Waals surface area contributed by atoms with Gasteiger partial charge in [-0.15, -0.1) is 0 Å². The number of pyridine rings is 1. The van der Waals surface area contributed by atoms with Gasteiger partial charge in [0, 0.05) is 0 Å². The molecule has 0 aliphatic heterocycles. The van der Waals surface area contributed by atoms with E-state index in [9.17, 15) is 14.4 Å². The molecule has 0 atom stereocenters. The fourth-order valence-corrected chi connectivity index (χ4v) is 2.77. The maximum atomic E-state index is 11.9. The first-order chi connectivity index (χ1) is 15.5. The highest BCUT2D eigenvalue weighted by molar-refractivity contribution is 5.90. The van der Waals surface area contributed by atoms with Gasteiger partial charge in [-0.1, -0.05) is 12.1 Å². The maximum Gasteiger partial charge on any atom is 0.338 e. The summed E-state index contributed by atoms with van der Waals surface area (Å²) in [5.41, 5.74) is 0.740. The van der Waals surface area contributed by atoms with Crippen LogP contribution >= 0.6 is 0 Å². The molecule has 3 rings (SSSR count). The van der Waals surface area contributed by atoms with Crippen molar-refractivity contribution in [3.63, 3.8) is 0 Å². The monoisotopic (exact) mass is 435 g/mol. The number of aldehydes is 1. The lowest BCUT2D eigenvalue weighted by Crippen LogP contribution is -2.05. The third kappa shape index (κ3) is 5.48. The maximum absolute atomic E-state index is 11.9. The number of ether oxygens (including phenoxy) is 4. The molecular weight excluding hydrogens is 414 g/mol. The van der Waals surface area contributed by atoms with E-state index in [0.29, 0.717) is 28.9 Å². The molecule has 0 aliphatic carbocycles. The van der Waals surface area contributed by atoms with Crippen molar-refractivity contribution < 1.29 is 33.3 Å². The van der Waals surface area contributed by atoms with Gasteiger partial charge in [0.05, 0.1) is 36.7 Å². The van der Waals surface area contributed by atoms with E-state index < -0.39 is 11.9 Å². The molecular formula is C24H21NO7. The van der Waals surface area contributed by atoms with Gasteiger partial charge in [0.2, 0.25) is 0 Å².